The molecule has 0 atom stereocenters. The van der Waals surface area contributed by atoms with E-state index in [9.17, 15) is 4.79 Å². The van der Waals surface area contributed by atoms with Gasteiger partial charge in [-0.05, 0) is 56.0 Å². The molecule has 1 aliphatic heterocycles. The van der Waals surface area contributed by atoms with E-state index in [1.807, 2.05) is 19.1 Å². The molecule has 28 heavy (non-hydrogen) atoms. The van der Waals surface area contributed by atoms with Crippen LogP contribution in [0.15, 0.2) is 47.6 Å². The minimum Gasteiger partial charge on any atom is -0.497 e. The second-order valence-electron chi connectivity index (χ2n) is 6.83. The summed E-state index contributed by atoms with van der Waals surface area (Å²) < 4.78 is 10.4. The lowest BCUT2D eigenvalue weighted by Crippen LogP contribution is -2.29. The first-order valence-corrected chi connectivity index (χ1v) is 9.54. The summed E-state index contributed by atoms with van der Waals surface area (Å²) in [7, 11) is 3.10. The van der Waals surface area contributed by atoms with Crippen molar-refractivity contribution in [1.82, 2.24) is 5.43 Å². The second-order valence-corrected chi connectivity index (χ2v) is 6.83. The van der Waals surface area contributed by atoms with Crippen LogP contribution in [0.5, 0.6) is 11.5 Å². The van der Waals surface area contributed by atoms with Gasteiger partial charge < -0.3 is 14.4 Å². The van der Waals surface area contributed by atoms with Crippen molar-refractivity contribution in [3.8, 4) is 11.5 Å². The lowest BCUT2D eigenvalue weighted by molar-refractivity contribution is 0.0954. The quantitative estimate of drug-likeness (QED) is 0.610. The van der Waals surface area contributed by atoms with Crippen molar-refractivity contribution < 1.29 is 14.3 Å². The predicted octanol–water partition coefficient (Wildman–Crippen LogP) is 3.85. The van der Waals surface area contributed by atoms with Gasteiger partial charge in [-0.25, -0.2) is 5.43 Å². The van der Waals surface area contributed by atoms with Gasteiger partial charge in [0.25, 0.3) is 5.91 Å². The first kappa shape index (κ1) is 19.7. The number of hydrogen-bond acceptors (Lipinski definition) is 5. The van der Waals surface area contributed by atoms with E-state index in [-0.39, 0.29) is 5.91 Å². The van der Waals surface area contributed by atoms with E-state index in [0.29, 0.717) is 17.1 Å². The molecule has 1 aliphatic rings. The maximum absolute atomic E-state index is 12.4. The first-order chi connectivity index (χ1) is 13.6. The summed E-state index contributed by atoms with van der Waals surface area (Å²) in [5.74, 6) is 0.790. The molecule has 1 N–H and O–H groups in total. The van der Waals surface area contributed by atoms with Crippen LogP contribution in [0.1, 0.15) is 42.1 Å². The Balaban J connectivity index is 1.67. The van der Waals surface area contributed by atoms with Crippen LogP contribution < -0.4 is 19.8 Å². The molecule has 0 aliphatic carbocycles. The molecule has 0 spiro atoms. The molecule has 2 aromatic rings. The Morgan fingerprint density at radius 3 is 2.11 bits per heavy atom. The SMILES string of the molecule is COc1cc(OC)cc(C(=O)N/N=C(/C)c2ccc(N3CCCCC3)cc2)c1. The molecule has 1 saturated heterocycles. The molecule has 0 radical (unpaired) electrons. The molecular weight excluding hydrogens is 354 g/mol. The molecule has 2 aromatic carbocycles. The number of hydrazone groups is 1. The highest BCUT2D eigenvalue weighted by Gasteiger charge is 2.12. The number of carbonyl (C=O) groups is 1. The number of rotatable bonds is 6. The highest BCUT2D eigenvalue weighted by atomic mass is 16.5. The fourth-order valence-electron chi connectivity index (χ4n) is 3.27. The zero-order chi connectivity index (χ0) is 19.9. The van der Waals surface area contributed by atoms with Crippen LogP contribution in [-0.2, 0) is 0 Å². The van der Waals surface area contributed by atoms with Gasteiger partial charge >= 0.3 is 0 Å². The van der Waals surface area contributed by atoms with Crippen molar-refractivity contribution >= 4 is 17.3 Å². The van der Waals surface area contributed by atoms with Crippen molar-refractivity contribution in [2.75, 3.05) is 32.2 Å². The Morgan fingerprint density at radius 2 is 1.54 bits per heavy atom. The molecule has 3 rings (SSSR count). The lowest BCUT2D eigenvalue weighted by Gasteiger charge is -2.28. The zero-order valence-corrected chi connectivity index (χ0v) is 16.7. The summed E-state index contributed by atoms with van der Waals surface area (Å²) >= 11 is 0. The van der Waals surface area contributed by atoms with Crippen molar-refractivity contribution in [3.05, 3.63) is 53.6 Å². The third kappa shape index (κ3) is 4.82. The minimum absolute atomic E-state index is 0.318. The topological polar surface area (TPSA) is 63.2 Å². The Kier molecular flexibility index (Phi) is 6.53. The Hall–Kier alpha value is -3.02. The van der Waals surface area contributed by atoms with Crippen LogP contribution in [0.25, 0.3) is 0 Å². The van der Waals surface area contributed by atoms with Gasteiger partial charge in [0.15, 0.2) is 0 Å². The Labute approximate surface area is 166 Å². The van der Waals surface area contributed by atoms with Crippen molar-refractivity contribution in [1.29, 1.82) is 0 Å². The normalized spacial score (nSPS) is 14.5. The van der Waals surface area contributed by atoms with Gasteiger partial charge in [-0.15, -0.1) is 0 Å². The number of nitrogens with zero attached hydrogens (tertiary/aromatic N) is 2. The van der Waals surface area contributed by atoms with Crippen LogP contribution in [0, 0.1) is 0 Å². The lowest BCUT2D eigenvalue weighted by atomic mass is 10.1. The van der Waals surface area contributed by atoms with Gasteiger partial charge in [0.05, 0.1) is 19.9 Å². The van der Waals surface area contributed by atoms with Gasteiger partial charge in [0.1, 0.15) is 11.5 Å². The third-order valence-corrected chi connectivity index (χ3v) is 4.95. The van der Waals surface area contributed by atoms with Gasteiger partial charge in [-0.1, -0.05) is 12.1 Å². The van der Waals surface area contributed by atoms with Crippen LogP contribution in [0.3, 0.4) is 0 Å². The minimum atomic E-state index is -0.318. The maximum Gasteiger partial charge on any atom is 0.271 e. The highest BCUT2D eigenvalue weighted by Crippen LogP contribution is 2.23. The van der Waals surface area contributed by atoms with Crippen LogP contribution in [0.2, 0.25) is 0 Å². The van der Waals surface area contributed by atoms with E-state index in [1.54, 1.807) is 32.4 Å². The number of ether oxygens (including phenoxy) is 2. The first-order valence-electron chi connectivity index (χ1n) is 9.54. The molecule has 0 saturated carbocycles. The number of nitrogens with one attached hydrogen (secondary N) is 1. The van der Waals surface area contributed by atoms with Gasteiger partial charge in [-0.2, -0.15) is 5.10 Å². The molecule has 0 unspecified atom stereocenters. The molecule has 0 aromatic heterocycles. The van der Waals surface area contributed by atoms with E-state index < -0.39 is 0 Å². The standard InChI is InChI=1S/C22H27N3O3/c1-16(17-7-9-19(10-8-17)25-11-5-4-6-12-25)23-24-22(26)18-13-20(27-2)15-21(14-18)28-3/h7-10,13-15H,4-6,11-12H2,1-3H3,(H,24,26)/b23-16-. The summed E-state index contributed by atoms with van der Waals surface area (Å²) in [6.45, 7) is 4.11. The van der Waals surface area contributed by atoms with Crippen molar-refractivity contribution in [2.24, 2.45) is 5.10 Å². The smallest absolute Gasteiger partial charge is 0.271 e. The largest absolute Gasteiger partial charge is 0.497 e. The highest BCUT2D eigenvalue weighted by molar-refractivity contribution is 6.01. The molecule has 1 heterocycles. The fraction of sp³-hybridized carbons (Fsp3) is 0.364. The van der Waals surface area contributed by atoms with Gasteiger partial charge in [0.2, 0.25) is 0 Å². The summed E-state index contributed by atoms with van der Waals surface area (Å²) in [6.07, 6.45) is 3.83. The van der Waals surface area contributed by atoms with Gasteiger partial charge in [0, 0.05) is 30.4 Å². The number of hydrogen-bond donors (Lipinski definition) is 1. The third-order valence-electron chi connectivity index (χ3n) is 4.95. The average molecular weight is 381 g/mol. The van der Waals surface area contributed by atoms with E-state index in [0.717, 1.165) is 24.4 Å². The summed E-state index contributed by atoms with van der Waals surface area (Å²) in [5, 5.41) is 4.25. The van der Waals surface area contributed by atoms with E-state index >= 15 is 0 Å². The molecule has 1 amide bonds. The van der Waals surface area contributed by atoms with Crippen LogP contribution >= 0.6 is 0 Å². The number of benzene rings is 2. The Bertz CT molecular complexity index is 818. The molecule has 1 fully saturated rings. The number of amides is 1. The maximum atomic E-state index is 12.4. The summed E-state index contributed by atoms with van der Waals surface area (Å²) in [4.78, 5) is 14.9. The van der Waals surface area contributed by atoms with Crippen LogP contribution in [-0.4, -0.2) is 38.9 Å². The summed E-state index contributed by atoms with van der Waals surface area (Å²) in [5.41, 5.74) is 5.99. The van der Waals surface area contributed by atoms with E-state index in [2.05, 4.69) is 27.6 Å². The molecule has 6 nitrogen and oxygen atoms in total. The van der Waals surface area contributed by atoms with Gasteiger partial charge in [-0.3, -0.25) is 4.79 Å². The zero-order valence-electron chi connectivity index (χ0n) is 16.7. The number of carbonyl (C=O) groups excluding carboxylic acids is 1. The van der Waals surface area contributed by atoms with Crippen LogP contribution in [0.4, 0.5) is 5.69 Å². The fourth-order valence-corrected chi connectivity index (χ4v) is 3.27. The van der Waals surface area contributed by atoms with Crippen molar-refractivity contribution in [2.45, 2.75) is 26.2 Å². The molecule has 148 valence electrons. The summed E-state index contributed by atoms with van der Waals surface area (Å²) in [6, 6.07) is 13.3. The number of methoxy groups -OCH3 is 2. The molecular formula is C22H27N3O3. The molecule has 6 heteroatoms. The predicted molar refractivity (Wildman–Crippen MR) is 112 cm³/mol. The second kappa shape index (κ2) is 9.26. The number of piperidine rings is 1. The van der Waals surface area contributed by atoms with Crippen molar-refractivity contribution in [3.63, 3.8) is 0 Å². The average Bonchev–Trinajstić information content (AvgIpc) is 2.77. The van der Waals surface area contributed by atoms with E-state index in [4.69, 9.17) is 9.47 Å². The Morgan fingerprint density at radius 1 is 0.929 bits per heavy atom. The monoisotopic (exact) mass is 381 g/mol. The number of anilines is 1. The van der Waals surface area contributed by atoms with E-state index in [1.165, 1.54) is 24.9 Å². The molecule has 0 bridgehead atoms.